The molecule has 140 valence electrons. The highest BCUT2D eigenvalue weighted by Crippen LogP contribution is 2.26. The van der Waals surface area contributed by atoms with E-state index in [-0.39, 0.29) is 5.92 Å². The number of nitrogens with one attached hydrogen (secondary N) is 1. The molecule has 1 fully saturated rings. The number of piperidine rings is 1. The molecule has 1 saturated heterocycles. The Morgan fingerprint density at radius 1 is 1.32 bits per heavy atom. The number of hydrogen-bond acceptors (Lipinski definition) is 2. The summed E-state index contributed by atoms with van der Waals surface area (Å²) in [6.45, 7) is 13.6. The van der Waals surface area contributed by atoms with E-state index >= 15 is 0 Å². The third kappa shape index (κ3) is 5.76. The largest absolute Gasteiger partial charge is 0.388 e. The summed E-state index contributed by atoms with van der Waals surface area (Å²) in [6.07, 6.45) is 12.0. The van der Waals surface area contributed by atoms with E-state index in [1.807, 2.05) is 0 Å². The van der Waals surface area contributed by atoms with Crippen LogP contribution in [0, 0.1) is 11.8 Å². The van der Waals surface area contributed by atoms with Crippen LogP contribution in [0.1, 0.15) is 65.7 Å². The van der Waals surface area contributed by atoms with E-state index in [9.17, 15) is 4.79 Å². The van der Waals surface area contributed by atoms with Crippen molar-refractivity contribution in [3.05, 3.63) is 35.6 Å². The van der Waals surface area contributed by atoms with E-state index in [2.05, 4.69) is 49.7 Å². The Morgan fingerprint density at radius 2 is 2.00 bits per heavy atom. The minimum Gasteiger partial charge on any atom is -0.388 e. The summed E-state index contributed by atoms with van der Waals surface area (Å²) in [5.74, 6) is 1.26. The number of nitrogens with zero attached hydrogens (tertiary/aromatic N) is 1. The van der Waals surface area contributed by atoms with Crippen LogP contribution in [-0.2, 0) is 4.79 Å². The zero-order chi connectivity index (χ0) is 18.2. The number of likely N-dealkylation sites (tertiary alicyclic amines) is 1. The average Bonchev–Trinajstić information content (AvgIpc) is 2.62. The SMILES string of the molecule is C=C(/C=C\C1=C(C)NCCC1)CC1CCN(C(=O)C(CC)CC)CC1. The van der Waals surface area contributed by atoms with Gasteiger partial charge in [-0.1, -0.05) is 38.2 Å². The Bertz CT molecular complexity index is 520. The van der Waals surface area contributed by atoms with Gasteiger partial charge in [0.15, 0.2) is 0 Å². The summed E-state index contributed by atoms with van der Waals surface area (Å²) >= 11 is 0. The number of carbonyl (C=O) groups is 1. The second kappa shape index (κ2) is 9.84. The summed E-state index contributed by atoms with van der Waals surface area (Å²) < 4.78 is 0. The van der Waals surface area contributed by atoms with E-state index in [0.29, 0.717) is 11.8 Å². The average molecular weight is 345 g/mol. The highest BCUT2D eigenvalue weighted by Gasteiger charge is 2.26. The zero-order valence-corrected chi connectivity index (χ0v) is 16.4. The molecule has 0 saturated carbocycles. The molecule has 2 aliphatic heterocycles. The van der Waals surface area contributed by atoms with E-state index in [1.54, 1.807) is 0 Å². The Labute approximate surface area is 154 Å². The van der Waals surface area contributed by atoms with Gasteiger partial charge in [0, 0.05) is 31.2 Å². The van der Waals surface area contributed by atoms with Gasteiger partial charge in [0.25, 0.3) is 0 Å². The lowest BCUT2D eigenvalue weighted by atomic mass is 9.89. The summed E-state index contributed by atoms with van der Waals surface area (Å²) in [7, 11) is 0. The highest BCUT2D eigenvalue weighted by molar-refractivity contribution is 5.78. The molecule has 2 aliphatic rings. The van der Waals surface area contributed by atoms with Gasteiger partial charge in [-0.25, -0.2) is 0 Å². The number of carbonyl (C=O) groups excluding carboxylic acids is 1. The summed E-state index contributed by atoms with van der Waals surface area (Å²) in [6, 6.07) is 0. The van der Waals surface area contributed by atoms with Crippen LogP contribution in [0.3, 0.4) is 0 Å². The minimum atomic E-state index is 0.218. The van der Waals surface area contributed by atoms with Crippen LogP contribution in [0.2, 0.25) is 0 Å². The van der Waals surface area contributed by atoms with Crippen LogP contribution in [0.25, 0.3) is 0 Å². The molecule has 0 aromatic carbocycles. The van der Waals surface area contributed by atoms with Crippen molar-refractivity contribution in [3.63, 3.8) is 0 Å². The molecule has 3 nitrogen and oxygen atoms in total. The molecule has 0 unspecified atom stereocenters. The number of hydrogen-bond donors (Lipinski definition) is 1. The zero-order valence-electron chi connectivity index (χ0n) is 16.4. The lowest BCUT2D eigenvalue weighted by Gasteiger charge is -2.34. The fraction of sp³-hybridized carbons (Fsp3) is 0.682. The third-order valence-corrected chi connectivity index (χ3v) is 5.83. The third-order valence-electron chi connectivity index (χ3n) is 5.83. The predicted molar refractivity (Wildman–Crippen MR) is 106 cm³/mol. The Kier molecular flexibility index (Phi) is 7.80. The molecule has 0 aromatic rings. The summed E-state index contributed by atoms with van der Waals surface area (Å²) in [5.41, 5.74) is 3.94. The summed E-state index contributed by atoms with van der Waals surface area (Å²) in [4.78, 5) is 14.6. The molecule has 0 spiro atoms. The molecule has 1 amide bonds. The Balaban J connectivity index is 1.78. The predicted octanol–water partition coefficient (Wildman–Crippen LogP) is 4.82. The molecule has 2 heterocycles. The molecule has 0 atom stereocenters. The van der Waals surface area contributed by atoms with Crippen molar-refractivity contribution in [1.82, 2.24) is 10.2 Å². The molecule has 1 N–H and O–H groups in total. The maximum atomic E-state index is 12.5. The standard InChI is InChI=1S/C22H36N2O/c1-5-20(6-2)22(25)24-14-11-19(12-15-24)16-17(3)9-10-21-8-7-13-23-18(21)4/h9-10,19-20,23H,3,5-8,11-16H2,1-2,4H3/b10-9-. The van der Waals surface area contributed by atoms with E-state index in [1.165, 1.54) is 29.7 Å². The molecular weight excluding hydrogens is 308 g/mol. The highest BCUT2D eigenvalue weighted by atomic mass is 16.2. The van der Waals surface area contributed by atoms with Gasteiger partial charge >= 0.3 is 0 Å². The van der Waals surface area contributed by atoms with Crippen LogP contribution < -0.4 is 5.32 Å². The van der Waals surface area contributed by atoms with Gasteiger partial charge in [-0.05, 0) is 63.4 Å². The minimum absolute atomic E-state index is 0.218. The first kappa shape index (κ1) is 19.8. The van der Waals surface area contributed by atoms with Crippen molar-refractivity contribution in [1.29, 1.82) is 0 Å². The quantitative estimate of drug-likeness (QED) is 0.672. The van der Waals surface area contributed by atoms with Gasteiger partial charge in [-0.2, -0.15) is 0 Å². The lowest BCUT2D eigenvalue weighted by Crippen LogP contribution is -2.41. The molecule has 0 aromatic heterocycles. The lowest BCUT2D eigenvalue weighted by molar-refractivity contribution is -0.137. The maximum Gasteiger partial charge on any atom is 0.225 e. The van der Waals surface area contributed by atoms with Crippen LogP contribution in [-0.4, -0.2) is 30.4 Å². The smallest absolute Gasteiger partial charge is 0.225 e. The van der Waals surface area contributed by atoms with Gasteiger partial charge in [0.05, 0.1) is 0 Å². The van der Waals surface area contributed by atoms with Gasteiger partial charge in [0.1, 0.15) is 0 Å². The van der Waals surface area contributed by atoms with Crippen molar-refractivity contribution in [2.75, 3.05) is 19.6 Å². The van der Waals surface area contributed by atoms with Crippen molar-refractivity contribution in [2.45, 2.75) is 65.7 Å². The maximum absolute atomic E-state index is 12.5. The Hall–Kier alpha value is -1.51. The van der Waals surface area contributed by atoms with E-state index in [4.69, 9.17) is 0 Å². The topological polar surface area (TPSA) is 32.3 Å². The van der Waals surface area contributed by atoms with Crippen molar-refractivity contribution in [2.24, 2.45) is 11.8 Å². The molecular formula is C22H36N2O. The molecule has 0 radical (unpaired) electrons. The number of amides is 1. The van der Waals surface area contributed by atoms with E-state index in [0.717, 1.165) is 51.7 Å². The molecule has 3 heteroatoms. The van der Waals surface area contributed by atoms with Crippen LogP contribution in [0.5, 0.6) is 0 Å². The van der Waals surface area contributed by atoms with Crippen LogP contribution in [0.4, 0.5) is 0 Å². The first-order valence-electron chi connectivity index (χ1n) is 10.1. The molecule has 25 heavy (non-hydrogen) atoms. The molecule has 0 aliphatic carbocycles. The summed E-state index contributed by atoms with van der Waals surface area (Å²) in [5, 5.41) is 3.43. The van der Waals surface area contributed by atoms with Crippen molar-refractivity contribution >= 4 is 5.91 Å². The van der Waals surface area contributed by atoms with Gasteiger partial charge in [-0.15, -0.1) is 0 Å². The van der Waals surface area contributed by atoms with Crippen molar-refractivity contribution in [3.8, 4) is 0 Å². The van der Waals surface area contributed by atoms with Gasteiger partial charge < -0.3 is 10.2 Å². The monoisotopic (exact) mass is 344 g/mol. The van der Waals surface area contributed by atoms with Crippen LogP contribution >= 0.6 is 0 Å². The van der Waals surface area contributed by atoms with Gasteiger partial charge in [0.2, 0.25) is 5.91 Å². The second-order valence-corrected chi connectivity index (χ2v) is 7.66. The normalized spacial score (nSPS) is 19.6. The van der Waals surface area contributed by atoms with Crippen molar-refractivity contribution < 1.29 is 4.79 Å². The molecule has 0 bridgehead atoms. The second-order valence-electron chi connectivity index (χ2n) is 7.66. The first-order valence-corrected chi connectivity index (χ1v) is 10.1. The number of allylic oxidation sites excluding steroid dienone is 5. The van der Waals surface area contributed by atoms with E-state index < -0.39 is 0 Å². The van der Waals surface area contributed by atoms with Crippen LogP contribution in [0.15, 0.2) is 35.6 Å². The fourth-order valence-electron chi connectivity index (χ4n) is 3.97. The fourth-order valence-corrected chi connectivity index (χ4v) is 3.97. The van der Waals surface area contributed by atoms with Gasteiger partial charge in [-0.3, -0.25) is 4.79 Å². The number of rotatable bonds is 7. The molecule has 2 rings (SSSR count). The first-order chi connectivity index (χ1) is 12.0. The Morgan fingerprint density at radius 3 is 2.60 bits per heavy atom.